The third kappa shape index (κ3) is 5.03. The summed E-state index contributed by atoms with van der Waals surface area (Å²) in [4.78, 5) is 11.0. The van der Waals surface area contributed by atoms with E-state index in [0.29, 0.717) is 29.4 Å². The minimum atomic E-state index is -0.860. The van der Waals surface area contributed by atoms with Crippen molar-refractivity contribution < 1.29 is 29.0 Å². The van der Waals surface area contributed by atoms with E-state index < -0.39 is 11.9 Å². The molecular formula is C21H21NO6. The second kappa shape index (κ2) is 8.94. The Labute approximate surface area is 162 Å². The zero-order valence-electron chi connectivity index (χ0n) is 15.4. The monoisotopic (exact) mass is 383 g/mol. The Balaban J connectivity index is 1.52. The van der Waals surface area contributed by atoms with E-state index in [0.717, 1.165) is 5.56 Å². The molecule has 1 heterocycles. The summed E-state index contributed by atoms with van der Waals surface area (Å²) >= 11 is 0. The molecule has 3 rings (SSSR count). The predicted octanol–water partition coefficient (Wildman–Crippen LogP) is 4.12. The predicted molar refractivity (Wildman–Crippen MR) is 101 cm³/mol. The molecule has 2 N–H and O–H groups in total. The van der Waals surface area contributed by atoms with Crippen LogP contribution < -0.4 is 9.47 Å². The topological polar surface area (TPSA) is 102 Å². The van der Waals surface area contributed by atoms with E-state index in [1.807, 2.05) is 6.92 Å². The lowest BCUT2D eigenvalue weighted by atomic mass is 10.1. The maximum Gasteiger partial charge on any atom is 0.309 e. The van der Waals surface area contributed by atoms with Crippen molar-refractivity contribution in [1.29, 1.82) is 0 Å². The van der Waals surface area contributed by atoms with Gasteiger partial charge in [-0.1, -0.05) is 12.1 Å². The van der Waals surface area contributed by atoms with Gasteiger partial charge in [-0.25, -0.2) is 0 Å². The number of aromatic nitrogens is 1. The van der Waals surface area contributed by atoms with E-state index in [1.54, 1.807) is 54.6 Å². The Morgan fingerprint density at radius 3 is 2.32 bits per heavy atom. The average Bonchev–Trinajstić information content (AvgIpc) is 3.17. The van der Waals surface area contributed by atoms with Crippen LogP contribution in [-0.4, -0.2) is 27.9 Å². The van der Waals surface area contributed by atoms with E-state index in [-0.39, 0.29) is 19.0 Å². The molecule has 0 spiro atoms. The number of aromatic hydroxyl groups is 1. The normalized spacial score (nSPS) is 11.8. The van der Waals surface area contributed by atoms with Crippen LogP contribution in [0.5, 0.6) is 17.2 Å². The van der Waals surface area contributed by atoms with E-state index in [1.165, 1.54) is 0 Å². The van der Waals surface area contributed by atoms with Gasteiger partial charge in [-0.3, -0.25) is 4.79 Å². The SMILES string of the molecule is CCC(COc1ccc(OCc2cc(-c3ccc(O)cc3)no2)cc1)C(=O)O. The summed E-state index contributed by atoms with van der Waals surface area (Å²) in [7, 11) is 0. The van der Waals surface area contributed by atoms with Crippen molar-refractivity contribution in [2.75, 3.05) is 6.61 Å². The summed E-state index contributed by atoms with van der Waals surface area (Å²) in [5.74, 6) is 0.583. The second-order valence-electron chi connectivity index (χ2n) is 6.24. The number of nitrogens with zero attached hydrogens (tertiary/aromatic N) is 1. The fourth-order valence-corrected chi connectivity index (χ4v) is 2.50. The van der Waals surface area contributed by atoms with Crippen LogP contribution in [0.25, 0.3) is 11.3 Å². The third-order valence-electron chi connectivity index (χ3n) is 4.22. The van der Waals surface area contributed by atoms with Crippen molar-refractivity contribution in [2.45, 2.75) is 20.0 Å². The van der Waals surface area contributed by atoms with E-state index >= 15 is 0 Å². The number of ether oxygens (including phenoxy) is 2. The highest BCUT2D eigenvalue weighted by Gasteiger charge is 2.15. The maximum atomic E-state index is 11.0. The summed E-state index contributed by atoms with van der Waals surface area (Å²) in [5, 5.41) is 22.4. The summed E-state index contributed by atoms with van der Waals surface area (Å²) in [6.45, 7) is 2.15. The molecule has 3 aromatic rings. The number of rotatable bonds is 9. The Bertz CT molecular complexity index is 901. The van der Waals surface area contributed by atoms with Crippen LogP contribution in [0.4, 0.5) is 0 Å². The Morgan fingerprint density at radius 1 is 1.07 bits per heavy atom. The first kappa shape index (κ1) is 19.3. The molecule has 146 valence electrons. The maximum absolute atomic E-state index is 11.0. The van der Waals surface area contributed by atoms with Crippen molar-refractivity contribution in [3.63, 3.8) is 0 Å². The quantitative estimate of drug-likeness (QED) is 0.573. The summed E-state index contributed by atoms with van der Waals surface area (Å²) in [6.07, 6.45) is 0.514. The number of phenols is 1. The number of carboxylic acid groups (broad SMARTS) is 1. The van der Waals surface area contributed by atoms with Gasteiger partial charge in [-0.2, -0.15) is 0 Å². The van der Waals surface area contributed by atoms with Crippen LogP contribution in [0, 0.1) is 5.92 Å². The number of aliphatic carboxylic acids is 1. The standard InChI is InChI=1S/C21H21NO6/c1-2-14(21(24)25)12-26-17-7-9-18(10-8-17)27-13-19-11-20(22-28-19)15-3-5-16(23)6-4-15/h3-11,14,23H,2,12-13H2,1H3,(H,24,25). The number of phenolic OH excluding ortho intramolecular Hbond substituents is 1. The molecule has 0 radical (unpaired) electrons. The number of carboxylic acids is 1. The Morgan fingerprint density at radius 2 is 1.71 bits per heavy atom. The van der Waals surface area contributed by atoms with Gasteiger partial charge in [0.1, 0.15) is 36.2 Å². The van der Waals surface area contributed by atoms with E-state index in [9.17, 15) is 9.90 Å². The molecule has 0 aliphatic heterocycles. The lowest BCUT2D eigenvalue weighted by Crippen LogP contribution is -2.20. The first-order valence-electron chi connectivity index (χ1n) is 8.88. The van der Waals surface area contributed by atoms with Gasteiger partial charge < -0.3 is 24.2 Å². The van der Waals surface area contributed by atoms with Crippen molar-refractivity contribution >= 4 is 5.97 Å². The zero-order chi connectivity index (χ0) is 19.9. The lowest BCUT2D eigenvalue weighted by Gasteiger charge is -2.12. The van der Waals surface area contributed by atoms with E-state index in [4.69, 9.17) is 19.1 Å². The average molecular weight is 383 g/mol. The van der Waals surface area contributed by atoms with Gasteiger partial charge in [-0.05, 0) is 55.0 Å². The highest BCUT2D eigenvalue weighted by molar-refractivity contribution is 5.70. The minimum Gasteiger partial charge on any atom is -0.508 e. The molecule has 1 aromatic heterocycles. The third-order valence-corrected chi connectivity index (χ3v) is 4.22. The Hall–Kier alpha value is -3.48. The molecule has 0 fully saturated rings. The lowest BCUT2D eigenvalue weighted by molar-refractivity contribution is -0.142. The minimum absolute atomic E-state index is 0.129. The highest BCUT2D eigenvalue weighted by atomic mass is 16.5. The number of carbonyl (C=O) groups is 1. The molecule has 1 unspecified atom stereocenters. The van der Waals surface area contributed by atoms with Crippen LogP contribution in [0.3, 0.4) is 0 Å². The van der Waals surface area contributed by atoms with Gasteiger partial charge in [-0.15, -0.1) is 0 Å². The summed E-state index contributed by atoms with van der Waals surface area (Å²) in [6, 6.07) is 15.4. The molecule has 0 amide bonds. The molecule has 1 atom stereocenters. The Kier molecular flexibility index (Phi) is 6.16. The second-order valence-corrected chi connectivity index (χ2v) is 6.24. The van der Waals surface area contributed by atoms with Crippen LogP contribution in [-0.2, 0) is 11.4 Å². The van der Waals surface area contributed by atoms with Gasteiger partial charge >= 0.3 is 5.97 Å². The van der Waals surface area contributed by atoms with Gasteiger partial charge in [0.05, 0.1) is 5.92 Å². The van der Waals surface area contributed by atoms with Gasteiger partial charge in [0.15, 0.2) is 5.76 Å². The van der Waals surface area contributed by atoms with Crippen molar-refractivity contribution in [2.24, 2.45) is 5.92 Å². The van der Waals surface area contributed by atoms with Gasteiger partial charge in [0.25, 0.3) is 0 Å². The molecule has 0 bridgehead atoms. The van der Waals surface area contributed by atoms with E-state index in [2.05, 4.69) is 5.16 Å². The first-order valence-corrected chi connectivity index (χ1v) is 8.88. The van der Waals surface area contributed by atoms with Crippen molar-refractivity contribution in [1.82, 2.24) is 5.16 Å². The summed E-state index contributed by atoms with van der Waals surface area (Å²) < 4.78 is 16.5. The van der Waals surface area contributed by atoms with Crippen LogP contribution >= 0.6 is 0 Å². The van der Waals surface area contributed by atoms with Crippen LogP contribution in [0.2, 0.25) is 0 Å². The smallest absolute Gasteiger partial charge is 0.309 e. The molecule has 0 aliphatic carbocycles. The molecule has 0 saturated carbocycles. The number of hydrogen-bond acceptors (Lipinski definition) is 6. The van der Waals surface area contributed by atoms with Gasteiger partial charge in [0, 0.05) is 11.6 Å². The fourth-order valence-electron chi connectivity index (χ4n) is 2.50. The molecule has 0 aliphatic rings. The number of benzene rings is 2. The largest absolute Gasteiger partial charge is 0.508 e. The van der Waals surface area contributed by atoms with Crippen LogP contribution in [0.1, 0.15) is 19.1 Å². The van der Waals surface area contributed by atoms with Crippen molar-refractivity contribution in [3.8, 4) is 28.5 Å². The zero-order valence-corrected chi connectivity index (χ0v) is 15.4. The molecular weight excluding hydrogens is 362 g/mol. The fraction of sp³-hybridized carbons (Fsp3) is 0.238. The molecule has 7 nitrogen and oxygen atoms in total. The summed E-state index contributed by atoms with van der Waals surface area (Å²) in [5.41, 5.74) is 1.49. The first-order chi connectivity index (χ1) is 13.5. The van der Waals surface area contributed by atoms with Crippen LogP contribution in [0.15, 0.2) is 59.1 Å². The molecule has 2 aromatic carbocycles. The molecule has 0 saturated heterocycles. The highest BCUT2D eigenvalue weighted by Crippen LogP contribution is 2.23. The van der Waals surface area contributed by atoms with Gasteiger partial charge in [0.2, 0.25) is 0 Å². The van der Waals surface area contributed by atoms with Crippen molar-refractivity contribution in [3.05, 3.63) is 60.4 Å². The molecule has 28 heavy (non-hydrogen) atoms. The molecule has 7 heteroatoms. The number of hydrogen-bond donors (Lipinski definition) is 2.